The van der Waals surface area contributed by atoms with Crippen molar-refractivity contribution in [2.24, 2.45) is 5.92 Å². The van der Waals surface area contributed by atoms with Crippen molar-refractivity contribution in [3.63, 3.8) is 0 Å². The molecule has 3 heterocycles. The maximum Gasteiger partial charge on any atom is 0.231 e. The van der Waals surface area contributed by atoms with Gasteiger partial charge in [-0.25, -0.2) is 0 Å². The van der Waals surface area contributed by atoms with Crippen molar-refractivity contribution < 1.29 is 9.59 Å². The number of benzene rings is 1. The lowest BCUT2D eigenvalue weighted by Gasteiger charge is -2.13. The molecule has 140 valence electrons. The summed E-state index contributed by atoms with van der Waals surface area (Å²) < 4.78 is 0.924. The van der Waals surface area contributed by atoms with Crippen molar-refractivity contribution >= 4 is 60.9 Å². The normalized spacial score (nSPS) is 17.3. The van der Waals surface area contributed by atoms with Crippen LogP contribution in [-0.2, 0) is 9.59 Å². The smallest absolute Gasteiger partial charge is 0.231 e. The predicted molar refractivity (Wildman–Crippen MR) is 107 cm³/mol. The van der Waals surface area contributed by atoms with E-state index in [0.29, 0.717) is 10.9 Å². The summed E-state index contributed by atoms with van der Waals surface area (Å²) in [6, 6.07) is 5.69. The van der Waals surface area contributed by atoms with Gasteiger partial charge in [0.05, 0.1) is 11.4 Å². The van der Waals surface area contributed by atoms with Crippen LogP contribution in [0.1, 0.15) is 31.2 Å². The van der Waals surface area contributed by atoms with Gasteiger partial charge in [0.15, 0.2) is 5.82 Å². The fourth-order valence-electron chi connectivity index (χ4n) is 3.00. The van der Waals surface area contributed by atoms with Crippen LogP contribution in [0.3, 0.4) is 0 Å². The van der Waals surface area contributed by atoms with Gasteiger partial charge in [-0.2, -0.15) is 5.10 Å². The molecular weight excluding hydrogens is 432 g/mol. The molecule has 10 heteroatoms. The van der Waals surface area contributed by atoms with Crippen molar-refractivity contribution in [3.8, 4) is 0 Å². The van der Waals surface area contributed by atoms with Crippen LogP contribution in [0.15, 0.2) is 22.7 Å². The van der Waals surface area contributed by atoms with Crippen LogP contribution in [0.4, 0.5) is 10.9 Å². The van der Waals surface area contributed by atoms with Crippen LogP contribution >= 0.6 is 27.3 Å². The van der Waals surface area contributed by atoms with Gasteiger partial charge < -0.3 is 5.32 Å². The molecular formula is C17H17BrN6O2S. The molecule has 0 bridgehead atoms. The van der Waals surface area contributed by atoms with Crippen LogP contribution in [0.2, 0.25) is 0 Å². The number of amides is 2. The Balaban J connectivity index is 1.50. The zero-order chi connectivity index (χ0) is 19.1. The molecule has 4 rings (SSSR count). The summed E-state index contributed by atoms with van der Waals surface area (Å²) in [6.45, 7) is 4.33. The highest BCUT2D eigenvalue weighted by Gasteiger charge is 2.37. The molecule has 0 aliphatic carbocycles. The first-order valence-electron chi connectivity index (χ1n) is 8.50. The molecule has 1 aliphatic rings. The third-order valence-electron chi connectivity index (χ3n) is 4.42. The number of hydrogen-bond acceptors (Lipinski definition) is 6. The summed E-state index contributed by atoms with van der Waals surface area (Å²) in [5, 5.41) is 20.2. The van der Waals surface area contributed by atoms with Gasteiger partial charge in [0.1, 0.15) is 5.01 Å². The van der Waals surface area contributed by atoms with E-state index in [0.717, 1.165) is 20.4 Å². The Hall–Kier alpha value is -2.33. The van der Waals surface area contributed by atoms with E-state index < -0.39 is 5.92 Å². The van der Waals surface area contributed by atoms with Crippen LogP contribution in [0.25, 0.3) is 10.9 Å². The number of halogens is 1. The average molecular weight is 449 g/mol. The molecule has 0 spiro atoms. The lowest BCUT2D eigenvalue weighted by Crippen LogP contribution is -2.28. The summed E-state index contributed by atoms with van der Waals surface area (Å²) in [6.07, 6.45) is 0.145. The highest BCUT2D eigenvalue weighted by molar-refractivity contribution is 9.10. The molecule has 0 saturated carbocycles. The molecule has 3 aromatic rings. The maximum atomic E-state index is 12.6. The number of hydrogen-bond donors (Lipinski definition) is 2. The number of carbonyl (C=O) groups excluding carboxylic acids is 2. The molecule has 1 unspecified atom stereocenters. The SMILES string of the molecule is CC(C)c1nnc(NC(=O)C2CC(=O)N(c3n[nH]c4cc(Br)ccc34)C2)s1. The van der Waals surface area contributed by atoms with E-state index in [1.165, 1.54) is 11.3 Å². The fraction of sp³-hybridized carbons (Fsp3) is 0.353. The molecule has 2 N–H and O–H groups in total. The molecule has 2 aromatic heterocycles. The average Bonchev–Trinajstić information content (AvgIpc) is 3.32. The summed E-state index contributed by atoms with van der Waals surface area (Å²) in [4.78, 5) is 26.6. The lowest BCUT2D eigenvalue weighted by atomic mass is 10.1. The second-order valence-corrected chi connectivity index (χ2v) is 8.66. The van der Waals surface area contributed by atoms with Crippen LogP contribution in [0, 0.1) is 5.92 Å². The Morgan fingerprint density at radius 1 is 1.41 bits per heavy atom. The summed E-state index contributed by atoms with van der Waals surface area (Å²) in [7, 11) is 0. The van der Waals surface area contributed by atoms with Gasteiger partial charge in [-0.05, 0) is 18.2 Å². The van der Waals surface area contributed by atoms with Gasteiger partial charge >= 0.3 is 0 Å². The first kappa shape index (κ1) is 18.1. The van der Waals surface area contributed by atoms with Gasteiger partial charge in [-0.15, -0.1) is 10.2 Å². The van der Waals surface area contributed by atoms with E-state index in [1.807, 2.05) is 32.0 Å². The van der Waals surface area contributed by atoms with Crippen molar-refractivity contribution in [2.45, 2.75) is 26.2 Å². The second kappa shape index (κ2) is 7.01. The number of nitrogens with one attached hydrogen (secondary N) is 2. The van der Waals surface area contributed by atoms with Crippen molar-refractivity contribution in [3.05, 3.63) is 27.7 Å². The molecule has 0 radical (unpaired) electrons. The Morgan fingerprint density at radius 3 is 2.96 bits per heavy atom. The minimum Gasteiger partial charge on any atom is -0.300 e. The van der Waals surface area contributed by atoms with E-state index in [1.54, 1.807) is 4.90 Å². The largest absolute Gasteiger partial charge is 0.300 e. The summed E-state index contributed by atoms with van der Waals surface area (Å²) in [5.41, 5.74) is 0.829. The monoisotopic (exact) mass is 448 g/mol. The predicted octanol–water partition coefficient (Wildman–Crippen LogP) is 3.29. The van der Waals surface area contributed by atoms with E-state index in [4.69, 9.17) is 0 Å². The third-order valence-corrected chi connectivity index (χ3v) is 6.05. The Labute approximate surface area is 167 Å². The minimum absolute atomic E-state index is 0.119. The van der Waals surface area contributed by atoms with Crippen molar-refractivity contribution in [2.75, 3.05) is 16.8 Å². The zero-order valence-electron chi connectivity index (χ0n) is 14.7. The molecule has 1 atom stereocenters. The van der Waals surface area contributed by atoms with Crippen molar-refractivity contribution in [1.82, 2.24) is 20.4 Å². The number of nitrogens with zero attached hydrogens (tertiary/aromatic N) is 4. The zero-order valence-corrected chi connectivity index (χ0v) is 17.1. The second-order valence-electron chi connectivity index (χ2n) is 6.73. The minimum atomic E-state index is -0.453. The summed E-state index contributed by atoms with van der Waals surface area (Å²) in [5.74, 6) is 0.0121. The Bertz CT molecular complexity index is 1030. The molecule has 2 amide bonds. The first-order valence-corrected chi connectivity index (χ1v) is 10.1. The van der Waals surface area contributed by atoms with E-state index in [2.05, 4.69) is 41.6 Å². The number of aromatic nitrogens is 4. The van der Waals surface area contributed by atoms with Crippen LogP contribution in [-0.4, -0.2) is 38.8 Å². The van der Waals surface area contributed by atoms with Gasteiger partial charge in [0.25, 0.3) is 0 Å². The number of fused-ring (bicyclic) bond motifs is 1. The number of aromatic amines is 1. The van der Waals surface area contributed by atoms with Gasteiger partial charge in [-0.1, -0.05) is 41.1 Å². The quantitative estimate of drug-likeness (QED) is 0.636. The lowest BCUT2D eigenvalue weighted by molar-refractivity contribution is -0.122. The Kier molecular flexibility index (Phi) is 4.68. The van der Waals surface area contributed by atoms with Gasteiger partial charge in [0, 0.05) is 28.7 Å². The maximum absolute atomic E-state index is 12.6. The third kappa shape index (κ3) is 3.46. The van der Waals surface area contributed by atoms with E-state index in [-0.39, 0.29) is 30.7 Å². The standard InChI is InChI=1S/C17H17BrN6O2S/c1-8(2)16-22-23-17(27-16)19-15(26)9-5-13(25)24(7-9)14-11-4-3-10(18)6-12(11)20-21-14/h3-4,6,8-9H,5,7H2,1-2H3,(H,20,21)(H,19,23,26). The highest BCUT2D eigenvalue weighted by Crippen LogP contribution is 2.31. The molecule has 1 fully saturated rings. The molecule has 1 saturated heterocycles. The number of carbonyl (C=O) groups is 2. The molecule has 27 heavy (non-hydrogen) atoms. The fourth-order valence-corrected chi connectivity index (χ4v) is 4.11. The van der Waals surface area contributed by atoms with E-state index in [9.17, 15) is 9.59 Å². The molecule has 8 nitrogen and oxygen atoms in total. The molecule has 1 aliphatic heterocycles. The van der Waals surface area contributed by atoms with Crippen molar-refractivity contribution in [1.29, 1.82) is 0 Å². The van der Waals surface area contributed by atoms with E-state index >= 15 is 0 Å². The summed E-state index contributed by atoms with van der Waals surface area (Å²) >= 11 is 4.77. The highest BCUT2D eigenvalue weighted by atomic mass is 79.9. The number of H-pyrrole nitrogens is 1. The van der Waals surface area contributed by atoms with Crippen LogP contribution in [0.5, 0.6) is 0 Å². The van der Waals surface area contributed by atoms with Gasteiger partial charge in [0.2, 0.25) is 16.9 Å². The van der Waals surface area contributed by atoms with Crippen LogP contribution < -0.4 is 10.2 Å². The number of anilines is 2. The molecule has 1 aromatic carbocycles. The number of rotatable bonds is 4. The topological polar surface area (TPSA) is 104 Å². The Morgan fingerprint density at radius 2 is 2.22 bits per heavy atom. The first-order chi connectivity index (χ1) is 12.9. The van der Waals surface area contributed by atoms with Gasteiger partial charge in [-0.3, -0.25) is 19.6 Å².